The maximum atomic E-state index is 5.13. The quantitative estimate of drug-likeness (QED) is 0.682. The molecule has 0 N–H and O–H groups in total. The minimum absolute atomic E-state index is 0.576. The van der Waals surface area contributed by atoms with Crippen LogP contribution in [0.25, 0.3) is 0 Å². The van der Waals surface area contributed by atoms with E-state index < -0.39 is 0 Å². The topological polar surface area (TPSA) is 38.9 Å². The van der Waals surface area contributed by atoms with Crippen LogP contribution >= 0.6 is 0 Å². The molecule has 2 rings (SSSR count). The Morgan fingerprint density at radius 2 is 2.29 bits per heavy atom. The predicted molar refractivity (Wildman–Crippen MR) is 56.3 cm³/mol. The number of nitrogens with zero attached hydrogens (tertiary/aromatic N) is 2. The molecule has 0 amide bonds. The maximum Gasteiger partial charge on any atom is 0.220 e. The second kappa shape index (κ2) is 3.82. The minimum Gasteiger partial charge on any atom is -0.428 e. The van der Waals surface area contributed by atoms with Crippen LogP contribution < -0.4 is 0 Å². The monoisotopic (exact) mass is 188 g/mol. The molecule has 0 fully saturated rings. The van der Waals surface area contributed by atoms with Crippen LogP contribution in [0.15, 0.2) is 34.0 Å². The zero-order chi connectivity index (χ0) is 9.97. The van der Waals surface area contributed by atoms with E-state index in [1.54, 1.807) is 0 Å². The molecule has 1 aliphatic rings. The van der Waals surface area contributed by atoms with Gasteiger partial charge in [-0.25, -0.2) is 0 Å². The van der Waals surface area contributed by atoms with Crippen molar-refractivity contribution in [3.8, 4) is 0 Å². The average molecular weight is 188 g/mol. The molecule has 0 saturated heterocycles. The molecule has 0 aliphatic heterocycles. The van der Waals surface area contributed by atoms with Crippen molar-refractivity contribution in [2.24, 2.45) is 0 Å². The Kier molecular flexibility index (Phi) is 2.52. The van der Waals surface area contributed by atoms with Gasteiger partial charge in [0.2, 0.25) is 12.3 Å². The van der Waals surface area contributed by atoms with E-state index in [1.165, 1.54) is 17.4 Å². The van der Waals surface area contributed by atoms with Crippen LogP contribution in [0, 0.1) is 0 Å². The van der Waals surface area contributed by atoms with E-state index >= 15 is 0 Å². The normalized spacial score (nSPS) is 15.3. The van der Waals surface area contributed by atoms with Crippen molar-refractivity contribution < 1.29 is 4.42 Å². The van der Waals surface area contributed by atoms with Crippen LogP contribution in [0.3, 0.4) is 0 Å². The third kappa shape index (κ3) is 1.79. The summed E-state index contributed by atoms with van der Waals surface area (Å²) in [6, 6.07) is 0. The Bertz CT molecular complexity index is 365. The summed E-state index contributed by atoms with van der Waals surface area (Å²) in [5.74, 6) is 0.699. The van der Waals surface area contributed by atoms with Gasteiger partial charge >= 0.3 is 0 Å². The highest BCUT2D eigenvalue weighted by atomic mass is 16.4. The van der Waals surface area contributed by atoms with Crippen LogP contribution in [0.1, 0.15) is 12.3 Å². The van der Waals surface area contributed by atoms with E-state index in [0.717, 1.165) is 12.8 Å². The smallest absolute Gasteiger partial charge is 0.220 e. The van der Waals surface area contributed by atoms with E-state index in [2.05, 4.69) is 36.0 Å². The first-order valence-corrected chi connectivity index (χ1v) is 4.92. The molecule has 0 spiro atoms. The molecule has 0 radical (unpaired) electrons. The van der Waals surface area contributed by atoms with Gasteiger partial charge in [0.05, 0.1) is 6.42 Å². The van der Waals surface area contributed by atoms with Gasteiger partial charge < -0.3 is 4.42 Å². The van der Waals surface area contributed by atoms with E-state index in [4.69, 9.17) is 4.42 Å². The highest BCUT2D eigenvalue weighted by molar-refractivity contribution is 6.65. The van der Waals surface area contributed by atoms with Gasteiger partial charge in [0.1, 0.15) is 0 Å². The van der Waals surface area contributed by atoms with Crippen LogP contribution in [0.4, 0.5) is 0 Å². The van der Waals surface area contributed by atoms with Crippen LogP contribution in [-0.2, 0) is 6.42 Å². The van der Waals surface area contributed by atoms with E-state index in [9.17, 15) is 0 Å². The zero-order valence-electron chi connectivity index (χ0n) is 8.53. The molecular weight excluding hydrogens is 175 g/mol. The number of allylic oxidation sites excluding steroid dienone is 4. The second-order valence-corrected chi connectivity index (χ2v) is 3.79. The molecule has 4 heteroatoms. The van der Waals surface area contributed by atoms with Gasteiger partial charge in [-0.2, -0.15) is 0 Å². The Labute approximate surface area is 84.0 Å². The van der Waals surface area contributed by atoms with Crippen molar-refractivity contribution >= 4 is 6.71 Å². The summed E-state index contributed by atoms with van der Waals surface area (Å²) in [6.45, 7) is 4.99. The van der Waals surface area contributed by atoms with Gasteiger partial charge in [-0.1, -0.05) is 31.3 Å². The standard InChI is InChI=1S/C10H13BN2O/c1-11(2)9-5-3-4-8(9)6-10-13-12-7-14-10/h4-5,7H,3,6H2,1-2H3. The fourth-order valence-electron chi connectivity index (χ4n) is 1.79. The van der Waals surface area contributed by atoms with Crippen LogP contribution in [0.5, 0.6) is 0 Å². The van der Waals surface area contributed by atoms with E-state index in [1.807, 2.05) is 0 Å². The number of aromatic nitrogens is 2. The second-order valence-electron chi connectivity index (χ2n) is 3.79. The lowest BCUT2D eigenvalue weighted by atomic mass is 9.47. The number of rotatable bonds is 3. The molecule has 14 heavy (non-hydrogen) atoms. The lowest BCUT2D eigenvalue weighted by Crippen LogP contribution is -2.08. The third-order valence-corrected chi connectivity index (χ3v) is 2.44. The van der Waals surface area contributed by atoms with Crippen LogP contribution in [0.2, 0.25) is 13.6 Å². The molecule has 1 aromatic rings. The average Bonchev–Trinajstić information content (AvgIpc) is 2.75. The molecule has 3 nitrogen and oxygen atoms in total. The highest BCUT2D eigenvalue weighted by Crippen LogP contribution is 2.24. The van der Waals surface area contributed by atoms with Crippen molar-refractivity contribution in [1.82, 2.24) is 10.2 Å². The van der Waals surface area contributed by atoms with Crippen molar-refractivity contribution in [1.29, 1.82) is 0 Å². The van der Waals surface area contributed by atoms with Gasteiger partial charge in [0.25, 0.3) is 0 Å². The summed E-state index contributed by atoms with van der Waals surface area (Å²) < 4.78 is 5.13. The van der Waals surface area contributed by atoms with Gasteiger partial charge in [0, 0.05) is 0 Å². The first kappa shape index (κ1) is 9.25. The molecule has 1 aliphatic carbocycles. The maximum absolute atomic E-state index is 5.13. The summed E-state index contributed by atoms with van der Waals surface area (Å²) in [4.78, 5) is 0. The number of hydrogen-bond donors (Lipinski definition) is 0. The highest BCUT2D eigenvalue weighted by Gasteiger charge is 2.17. The summed E-state index contributed by atoms with van der Waals surface area (Å²) in [7, 11) is 0. The van der Waals surface area contributed by atoms with Gasteiger partial charge in [-0.05, 0) is 12.0 Å². The molecule has 0 saturated carbocycles. The molecule has 72 valence electrons. The minimum atomic E-state index is 0.576. The van der Waals surface area contributed by atoms with Crippen LogP contribution in [-0.4, -0.2) is 16.9 Å². The van der Waals surface area contributed by atoms with Gasteiger partial charge in [-0.15, -0.1) is 10.2 Å². The Balaban J connectivity index is 2.10. The van der Waals surface area contributed by atoms with E-state index in [-0.39, 0.29) is 0 Å². The first-order valence-electron chi connectivity index (χ1n) is 4.92. The lowest BCUT2D eigenvalue weighted by molar-refractivity contribution is 0.504. The summed E-state index contributed by atoms with van der Waals surface area (Å²) >= 11 is 0. The fourth-order valence-corrected chi connectivity index (χ4v) is 1.79. The molecular formula is C10H13BN2O. The van der Waals surface area contributed by atoms with Crippen molar-refractivity contribution in [2.45, 2.75) is 26.5 Å². The molecule has 1 aromatic heterocycles. The fraction of sp³-hybridized carbons (Fsp3) is 0.400. The van der Waals surface area contributed by atoms with Gasteiger partial charge in [-0.3, -0.25) is 0 Å². The molecule has 0 unspecified atom stereocenters. The first-order chi connectivity index (χ1) is 6.77. The summed E-state index contributed by atoms with van der Waals surface area (Å²) in [5.41, 5.74) is 2.76. The van der Waals surface area contributed by atoms with Crippen molar-refractivity contribution in [3.05, 3.63) is 35.5 Å². The molecule has 1 heterocycles. The van der Waals surface area contributed by atoms with Gasteiger partial charge in [0.15, 0.2) is 6.71 Å². The zero-order valence-corrected chi connectivity index (χ0v) is 8.53. The largest absolute Gasteiger partial charge is 0.428 e. The predicted octanol–water partition coefficient (Wildman–Crippen LogP) is 2.16. The molecule has 0 atom stereocenters. The van der Waals surface area contributed by atoms with Crippen molar-refractivity contribution in [3.63, 3.8) is 0 Å². The molecule has 0 aromatic carbocycles. The Morgan fingerprint density at radius 3 is 2.93 bits per heavy atom. The van der Waals surface area contributed by atoms with Crippen molar-refractivity contribution in [2.75, 3.05) is 0 Å². The lowest BCUT2D eigenvalue weighted by Gasteiger charge is -2.07. The summed E-state index contributed by atoms with van der Waals surface area (Å²) in [5, 5.41) is 7.56. The SMILES string of the molecule is CB(C)C1=CCC=C1Cc1nnco1. The summed E-state index contributed by atoms with van der Waals surface area (Å²) in [6.07, 6.45) is 7.69. The number of hydrogen-bond acceptors (Lipinski definition) is 3. The Morgan fingerprint density at radius 1 is 1.43 bits per heavy atom. The van der Waals surface area contributed by atoms with E-state index in [0.29, 0.717) is 12.6 Å². The Hall–Kier alpha value is -1.32. The third-order valence-electron chi connectivity index (χ3n) is 2.44. The molecule has 0 bridgehead atoms.